The Morgan fingerprint density at radius 2 is 2.33 bits per heavy atom. The summed E-state index contributed by atoms with van der Waals surface area (Å²) in [6.07, 6.45) is 1.51. The van der Waals surface area contributed by atoms with E-state index in [1.165, 1.54) is 10.5 Å². The highest BCUT2D eigenvalue weighted by Crippen LogP contribution is 2.26. The Kier molecular flexibility index (Phi) is 3.88. The SMILES string of the molecule is CCn1cc(S(=O)(=O)N2CCSC(C)C2)c(N)n1. The van der Waals surface area contributed by atoms with Crippen molar-refractivity contribution < 1.29 is 8.42 Å². The Labute approximate surface area is 112 Å². The van der Waals surface area contributed by atoms with Crippen LogP contribution in [-0.4, -0.2) is 46.6 Å². The van der Waals surface area contributed by atoms with E-state index in [4.69, 9.17) is 5.73 Å². The van der Waals surface area contributed by atoms with Crippen LogP contribution in [0.1, 0.15) is 13.8 Å². The van der Waals surface area contributed by atoms with Crippen molar-refractivity contribution in [3.8, 4) is 0 Å². The van der Waals surface area contributed by atoms with Crippen LogP contribution in [-0.2, 0) is 16.6 Å². The van der Waals surface area contributed by atoms with Crippen molar-refractivity contribution in [2.75, 3.05) is 24.6 Å². The minimum Gasteiger partial charge on any atom is -0.381 e. The van der Waals surface area contributed by atoms with Crippen molar-refractivity contribution in [1.29, 1.82) is 0 Å². The molecular weight excluding hydrogens is 272 g/mol. The molecule has 2 N–H and O–H groups in total. The molecule has 1 unspecified atom stereocenters. The van der Waals surface area contributed by atoms with Gasteiger partial charge in [0.2, 0.25) is 10.0 Å². The summed E-state index contributed by atoms with van der Waals surface area (Å²) in [6.45, 7) is 5.59. The first-order chi connectivity index (χ1) is 8.45. The van der Waals surface area contributed by atoms with E-state index >= 15 is 0 Å². The van der Waals surface area contributed by atoms with Crippen molar-refractivity contribution in [3.63, 3.8) is 0 Å². The summed E-state index contributed by atoms with van der Waals surface area (Å²) in [7, 11) is -3.50. The lowest BCUT2D eigenvalue weighted by Gasteiger charge is -2.29. The first-order valence-corrected chi connectivity index (χ1v) is 8.38. The maximum atomic E-state index is 12.5. The summed E-state index contributed by atoms with van der Waals surface area (Å²) < 4.78 is 28.0. The Morgan fingerprint density at radius 1 is 1.61 bits per heavy atom. The van der Waals surface area contributed by atoms with Crippen molar-refractivity contribution >= 4 is 27.6 Å². The Hall–Kier alpha value is -0.730. The highest BCUT2D eigenvalue weighted by atomic mass is 32.2. The molecule has 0 bridgehead atoms. The van der Waals surface area contributed by atoms with E-state index in [2.05, 4.69) is 5.10 Å². The lowest BCUT2D eigenvalue weighted by atomic mass is 10.4. The first kappa shape index (κ1) is 13.7. The fraction of sp³-hybridized carbons (Fsp3) is 0.700. The van der Waals surface area contributed by atoms with Crippen LogP contribution in [0.15, 0.2) is 11.1 Å². The third-order valence-corrected chi connectivity index (χ3v) is 5.92. The first-order valence-electron chi connectivity index (χ1n) is 5.89. The van der Waals surface area contributed by atoms with Crippen molar-refractivity contribution in [2.24, 2.45) is 0 Å². The number of rotatable bonds is 3. The molecule has 6 nitrogen and oxygen atoms in total. The van der Waals surface area contributed by atoms with Gasteiger partial charge in [0.1, 0.15) is 4.90 Å². The summed E-state index contributed by atoms with van der Waals surface area (Å²) in [5.41, 5.74) is 5.70. The zero-order valence-corrected chi connectivity index (χ0v) is 12.2. The van der Waals surface area contributed by atoms with Gasteiger partial charge in [-0.3, -0.25) is 4.68 Å². The van der Waals surface area contributed by atoms with Gasteiger partial charge >= 0.3 is 0 Å². The molecular formula is C10H18N4O2S2. The van der Waals surface area contributed by atoms with Gasteiger partial charge in [-0.15, -0.1) is 0 Å². The number of nitrogens with zero attached hydrogens (tertiary/aromatic N) is 3. The Balaban J connectivity index is 2.32. The third-order valence-electron chi connectivity index (χ3n) is 2.90. The van der Waals surface area contributed by atoms with Gasteiger partial charge in [-0.05, 0) is 6.92 Å². The number of aromatic nitrogens is 2. The highest BCUT2D eigenvalue weighted by Gasteiger charge is 2.31. The van der Waals surface area contributed by atoms with E-state index in [-0.39, 0.29) is 10.7 Å². The summed E-state index contributed by atoms with van der Waals surface area (Å²) in [4.78, 5) is 0.128. The quantitative estimate of drug-likeness (QED) is 0.882. The summed E-state index contributed by atoms with van der Waals surface area (Å²) in [5, 5.41) is 4.31. The predicted octanol–water partition coefficient (Wildman–Crippen LogP) is 0.611. The molecule has 102 valence electrons. The molecule has 1 aliphatic heterocycles. The van der Waals surface area contributed by atoms with Crippen LogP contribution >= 0.6 is 11.8 Å². The maximum absolute atomic E-state index is 12.5. The van der Waals surface area contributed by atoms with Crippen LogP contribution in [0.25, 0.3) is 0 Å². The normalized spacial score (nSPS) is 22.2. The second-order valence-corrected chi connectivity index (χ2v) is 7.73. The second-order valence-electron chi connectivity index (χ2n) is 4.28. The number of nitrogen functional groups attached to an aromatic ring is 1. The van der Waals surface area contributed by atoms with Gasteiger partial charge in [0.15, 0.2) is 5.82 Å². The molecule has 1 aliphatic rings. The maximum Gasteiger partial charge on any atom is 0.248 e. The fourth-order valence-corrected chi connectivity index (χ4v) is 4.74. The van der Waals surface area contributed by atoms with Crippen LogP contribution < -0.4 is 5.73 Å². The molecule has 18 heavy (non-hydrogen) atoms. The molecule has 0 aromatic carbocycles. The summed E-state index contributed by atoms with van der Waals surface area (Å²) in [6, 6.07) is 0. The minimum atomic E-state index is -3.50. The molecule has 0 amide bonds. The molecule has 0 saturated carbocycles. The molecule has 0 spiro atoms. The number of sulfonamides is 1. The average Bonchev–Trinajstić information content (AvgIpc) is 2.71. The van der Waals surface area contributed by atoms with Gasteiger partial charge in [-0.25, -0.2) is 8.42 Å². The number of thioether (sulfide) groups is 1. The lowest BCUT2D eigenvalue weighted by molar-refractivity contribution is 0.424. The van der Waals surface area contributed by atoms with E-state index in [0.29, 0.717) is 24.9 Å². The molecule has 2 rings (SSSR count). The van der Waals surface area contributed by atoms with Crippen LogP contribution in [0, 0.1) is 0 Å². The molecule has 2 heterocycles. The summed E-state index contributed by atoms with van der Waals surface area (Å²) >= 11 is 1.79. The van der Waals surface area contributed by atoms with Crippen molar-refractivity contribution in [1.82, 2.24) is 14.1 Å². The lowest BCUT2D eigenvalue weighted by Crippen LogP contribution is -2.41. The predicted molar refractivity (Wildman–Crippen MR) is 73.0 cm³/mol. The number of aryl methyl sites for hydroxylation is 1. The average molecular weight is 290 g/mol. The molecule has 0 radical (unpaired) electrons. The minimum absolute atomic E-state index is 0.0859. The molecule has 1 aromatic rings. The molecule has 0 aliphatic carbocycles. The van der Waals surface area contributed by atoms with E-state index in [0.717, 1.165) is 5.75 Å². The number of hydrogen-bond donors (Lipinski definition) is 1. The Bertz CT molecular complexity index is 526. The van der Waals surface area contributed by atoms with Crippen LogP contribution in [0.3, 0.4) is 0 Å². The van der Waals surface area contributed by atoms with E-state index in [9.17, 15) is 8.42 Å². The number of nitrogens with two attached hydrogens (primary N) is 1. The van der Waals surface area contributed by atoms with Gasteiger partial charge in [-0.1, -0.05) is 6.92 Å². The van der Waals surface area contributed by atoms with Gasteiger partial charge in [0, 0.05) is 36.8 Å². The molecule has 1 saturated heterocycles. The Morgan fingerprint density at radius 3 is 2.89 bits per heavy atom. The zero-order valence-electron chi connectivity index (χ0n) is 10.5. The standard InChI is InChI=1S/C10H18N4O2S2/c1-3-13-7-9(10(11)12-13)18(15,16)14-4-5-17-8(2)6-14/h7-8H,3-6H2,1-2H3,(H2,11,12). The fourth-order valence-electron chi connectivity index (χ4n) is 1.92. The molecule has 1 atom stereocenters. The third kappa shape index (κ3) is 2.50. The van der Waals surface area contributed by atoms with Crippen molar-refractivity contribution in [3.05, 3.63) is 6.20 Å². The van der Waals surface area contributed by atoms with Crippen LogP contribution in [0.4, 0.5) is 5.82 Å². The second kappa shape index (κ2) is 5.10. The topological polar surface area (TPSA) is 81.2 Å². The van der Waals surface area contributed by atoms with Gasteiger partial charge in [0.25, 0.3) is 0 Å². The van der Waals surface area contributed by atoms with E-state index in [1.54, 1.807) is 16.4 Å². The monoisotopic (exact) mass is 290 g/mol. The molecule has 8 heteroatoms. The molecule has 1 aromatic heterocycles. The van der Waals surface area contributed by atoms with Crippen LogP contribution in [0.2, 0.25) is 0 Å². The number of anilines is 1. The smallest absolute Gasteiger partial charge is 0.248 e. The largest absolute Gasteiger partial charge is 0.381 e. The van der Waals surface area contributed by atoms with E-state index < -0.39 is 10.0 Å². The van der Waals surface area contributed by atoms with Gasteiger partial charge < -0.3 is 5.73 Å². The van der Waals surface area contributed by atoms with Crippen LogP contribution in [0.5, 0.6) is 0 Å². The van der Waals surface area contributed by atoms with Crippen molar-refractivity contribution in [2.45, 2.75) is 30.5 Å². The molecule has 1 fully saturated rings. The zero-order chi connectivity index (χ0) is 13.3. The number of hydrogen-bond acceptors (Lipinski definition) is 5. The van der Waals surface area contributed by atoms with Gasteiger partial charge in [-0.2, -0.15) is 21.2 Å². The van der Waals surface area contributed by atoms with Gasteiger partial charge in [0.05, 0.1) is 0 Å². The van der Waals surface area contributed by atoms with E-state index in [1.807, 2.05) is 13.8 Å². The summed E-state index contributed by atoms with van der Waals surface area (Å²) in [5.74, 6) is 0.908. The highest BCUT2D eigenvalue weighted by molar-refractivity contribution is 8.00.